The molecule has 1 heterocycles. The minimum absolute atomic E-state index is 0.173. The monoisotopic (exact) mass is 457 g/mol. The number of benzene rings is 2. The normalized spacial score (nSPS) is 25.5. The second kappa shape index (κ2) is 11.1. The molecule has 0 amide bonds. The van der Waals surface area contributed by atoms with Crippen molar-refractivity contribution in [2.45, 2.75) is 30.7 Å². The summed E-state index contributed by atoms with van der Waals surface area (Å²) in [7, 11) is 3.53. The van der Waals surface area contributed by atoms with Crippen LogP contribution >= 0.6 is 0 Å². The predicted octanol–water partition coefficient (Wildman–Crippen LogP) is 1.32. The Morgan fingerprint density at radius 2 is 1.70 bits per heavy atom. The zero-order valence-electron chi connectivity index (χ0n) is 18.2. The number of nitrogens with zero attached hydrogens (tertiary/aromatic N) is 3. The second-order valence-electron chi connectivity index (χ2n) is 7.67. The van der Waals surface area contributed by atoms with E-state index >= 15 is 0 Å². The average molecular weight is 457 g/mol. The summed E-state index contributed by atoms with van der Waals surface area (Å²) in [5.41, 5.74) is 1.89. The van der Waals surface area contributed by atoms with Crippen LogP contribution in [0.2, 0.25) is 0 Å². The van der Waals surface area contributed by atoms with E-state index in [-0.39, 0.29) is 5.78 Å². The first-order valence-electron chi connectivity index (χ1n) is 10.3. The van der Waals surface area contributed by atoms with Crippen LogP contribution in [-0.2, 0) is 4.74 Å². The van der Waals surface area contributed by atoms with Crippen LogP contribution in [0.4, 0.5) is 5.69 Å². The number of hydrogen-bond donors (Lipinski definition) is 4. The zero-order chi connectivity index (χ0) is 24.0. The van der Waals surface area contributed by atoms with Crippen molar-refractivity contribution in [3.05, 3.63) is 65.7 Å². The summed E-state index contributed by atoms with van der Waals surface area (Å²) in [6, 6.07) is 13.4. The van der Waals surface area contributed by atoms with Gasteiger partial charge in [-0.3, -0.25) is 9.80 Å². The molecule has 1 aliphatic heterocycles. The van der Waals surface area contributed by atoms with Gasteiger partial charge in [-0.05, 0) is 48.0 Å². The van der Waals surface area contributed by atoms with Gasteiger partial charge in [0, 0.05) is 19.7 Å². The van der Waals surface area contributed by atoms with Gasteiger partial charge < -0.3 is 29.9 Å². The van der Waals surface area contributed by atoms with Gasteiger partial charge in [0.1, 0.15) is 30.2 Å². The van der Waals surface area contributed by atoms with Gasteiger partial charge in [0.15, 0.2) is 5.78 Å². The number of aliphatic hydroxyl groups excluding tert-OH is 4. The van der Waals surface area contributed by atoms with Crippen LogP contribution in [0.1, 0.15) is 15.9 Å². The number of rotatable bonds is 8. The fraction of sp³-hybridized carbons (Fsp3) is 0.348. The van der Waals surface area contributed by atoms with Crippen molar-refractivity contribution < 1.29 is 34.7 Å². The molecule has 176 valence electrons. The second-order valence-corrected chi connectivity index (χ2v) is 7.67. The van der Waals surface area contributed by atoms with E-state index in [1.807, 2.05) is 0 Å². The van der Waals surface area contributed by atoms with Crippen molar-refractivity contribution in [1.29, 1.82) is 0 Å². The van der Waals surface area contributed by atoms with Crippen LogP contribution in [0.25, 0.3) is 6.08 Å². The Kier molecular flexibility index (Phi) is 8.26. The van der Waals surface area contributed by atoms with Crippen LogP contribution in [0.5, 0.6) is 5.75 Å². The Bertz CT molecular complexity index is 975. The molecule has 0 unspecified atom stereocenters. The Morgan fingerprint density at radius 1 is 1.03 bits per heavy atom. The maximum absolute atomic E-state index is 12.4. The van der Waals surface area contributed by atoms with Crippen LogP contribution in [0.15, 0.2) is 64.9 Å². The van der Waals surface area contributed by atoms with E-state index in [2.05, 4.69) is 10.3 Å². The summed E-state index contributed by atoms with van der Waals surface area (Å²) in [6.07, 6.45) is -3.66. The standard InChI is InChI=1S/C23H27N3O7/c1-26(2)25-24-16-8-6-15(7-9-16)18(28)12-5-14-3-10-17(11-4-14)32-23-22(31)21(30)20(29)19(13-27)33-23/h3-12,19-23,27,29-31H,13H2,1-2H3/b12-5+,25-24?/t19-,20-,21+,22-,23-/m0/s1. The summed E-state index contributed by atoms with van der Waals surface area (Å²) in [5.74, 6) is 0.165. The highest BCUT2D eigenvalue weighted by Gasteiger charge is 2.44. The van der Waals surface area contributed by atoms with E-state index in [0.717, 1.165) is 5.56 Å². The summed E-state index contributed by atoms with van der Waals surface area (Å²) in [6.45, 7) is -0.536. The average Bonchev–Trinajstić information content (AvgIpc) is 2.82. The van der Waals surface area contributed by atoms with Crippen molar-refractivity contribution in [3.63, 3.8) is 0 Å². The Balaban J connectivity index is 1.59. The zero-order valence-corrected chi connectivity index (χ0v) is 18.2. The van der Waals surface area contributed by atoms with Gasteiger partial charge in [-0.1, -0.05) is 23.4 Å². The van der Waals surface area contributed by atoms with Crippen LogP contribution in [0, 0.1) is 0 Å². The smallest absolute Gasteiger partial charge is 0.229 e. The van der Waals surface area contributed by atoms with Gasteiger partial charge in [-0.2, -0.15) is 0 Å². The van der Waals surface area contributed by atoms with Gasteiger partial charge in [-0.25, -0.2) is 0 Å². The maximum Gasteiger partial charge on any atom is 0.229 e. The summed E-state index contributed by atoms with van der Waals surface area (Å²) in [4.78, 5) is 12.4. The Hall–Kier alpha value is -3.15. The highest BCUT2D eigenvalue weighted by Crippen LogP contribution is 2.24. The SMILES string of the molecule is CN(C)N=Nc1ccc(C(=O)/C=C/c2ccc(O[C@H]3O[C@@H](CO)[C@H](O)[C@@H](O)[C@@H]3O)cc2)cc1. The van der Waals surface area contributed by atoms with Gasteiger partial charge in [-0.15, -0.1) is 5.11 Å². The fourth-order valence-electron chi connectivity index (χ4n) is 3.06. The lowest BCUT2D eigenvalue weighted by atomic mass is 9.99. The molecular weight excluding hydrogens is 430 g/mol. The molecule has 1 saturated heterocycles. The predicted molar refractivity (Wildman–Crippen MR) is 119 cm³/mol. The van der Waals surface area contributed by atoms with E-state index in [4.69, 9.17) is 9.47 Å². The quantitative estimate of drug-likeness (QED) is 0.201. The molecule has 33 heavy (non-hydrogen) atoms. The molecule has 1 aliphatic rings. The highest BCUT2D eigenvalue weighted by atomic mass is 16.7. The number of ether oxygens (including phenoxy) is 2. The summed E-state index contributed by atoms with van der Waals surface area (Å²) in [5, 5.41) is 48.5. The van der Waals surface area contributed by atoms with Crippen molar-refractivity contribution in [1.82, 2.24) is 5.01 Å². The van der Waals surface area contributed by atoms with E-state index in [0.29, 0.717) is 17.0 Å². The molecule has 2 aromatic rings. The molecule has 3 rings (SSSR count). The molecule has 0 aliphatic carbocycles. The first kappa shape index (κ1) is 24.5. The molecule has 0 spiro atoms. The van der Waals surface area contributed by atoms with Gasteiger partial charge >= 0.3 is 0 Å². The number of allylic oxidation sites excluding steroid dienone is 1. The minimum Gasteiger partial charge on any atom is -0.462 e. The number of carbonyl (C=O) groups is 1. The maximum atomic E-state index is 12.4. The lowest BCUT2D eigenvalue weighted by Crippen LogP contribution is -2.60. The molecule has 4 N–H and O–H groups in total. The van der Waals surface area contributed by atoms with Crippen molar-refractivity contribution in [2.24, 2.45) is 10.3 Å². The third-order valence-electron chi connectivity index (χ3n) is 4.90. The fourth-order valence-corrected chi connectivity index (χ4v) is 3.06. The first-order chi connectivity index (χ1) is 15.8. The number of ketones is 1. The molecule has 10 heteroatoms. The van der Waals surface area contributed by atoms with E-state index < -0.39 is 37.3 Å². The molecule has 0 radical (unpaired) electrons. The lowest BCUT2D eigenvalue weighted by Gasteiger charge is -2.39. The Labute approximate surface area is 191 Å². The number of carbonyl (C=O) groups excluding carboxylic acids is 1. The largest absolute Gasteiger partial charge is 0.462 e. The third kappa shape index (κ3) is 6.44. The molecule has 10 nitrogen and oxygen atoms in total. The molecule has 0 bridgehead atoms. The van der Waals surface area contributed by atoms with Gasteiger partial charge in [0.25, 0.3) is 0 Å². The van der Waals surface area contributed by atoms with Crippen LogP contribution in [-0.4, -0.2) is 82.6 Å². The highest BCUT2D eigenvalue weighted by molar-refractivity contribution is 6.06. The van der Waals surface area contributed by atoms with E-state index in [1.165, 1.54) is 6.08 Å². The molecule has 0 saturated carbocycles. The molecular formula is C23H27N3O7. The molecule has 0 aromatic heterocycles. The minimum atomic E-state index is -1.51. The van der Waals surface area contributed by atoms with Crippen molar-refractivity contribution in [3.8, 4) is 5.75 Å². The summed E-state index contributed by atoms with van der Waals surface area (Å²) >= 11 is 0. The van der Waals surface area contributed by atoms with E-state index in [9.17, 15) is 25.2 Å². The number of aliphatic hydroxyl groups is 4. The molecule has 5 atom stereocenters. The topological polar surface area (TPSA) is 144 Å². The summed E-state index contributed by atoms with van der Waals surface area (Å²) < 4.78 is 10.9. The Morgan fingerprint density at radius 3 is 2.30 bits per heavy atom. The third-order valence-corrected chi connectivity index (χ3v) is 4.90. The first-order valence-corrected chi connectivity index (χ1v) is 10.3. The van der Waals surface area contributed by atoms with Gasteiger partial charge in [0.2, 0.25) is 6.29 Å². The van der Waals surface area contributed by atoms with Crippen molar-refractivity contribution in [2.75, 3.05) is 20.7 Å². The lowest BCUT2D eigenvalue weighted by molar-refractivity contribution is -0.277. The number of hydrogen-bond acceptors (Lipinski definition) is 9. The molecule has 1 fully saturated rings. The van der Waals surface area contributed by atoms with E-state index in [1.54, 1.807) is 73.7 Å². The molecule has 2 aromatic carbocycles. The van der Waals surface area contributed by atoms with Crippen LogP contribution < -0.4 is 4.74 Å². The van der Waals surface area contributed by atoms with Crippen molar-refractivity contribution >= 4 is 17.5 Å². The van der Waals surface area contributed by atoms with Gasteiger partial charge in [0.05, 0.1) is 12.3 Å². The van der Waals surface area contributed by atoms with Crippen LogP contribution in [0.3, 0.4) is 0 Å².